The number of para-hydroxylation sites is 1. The van der Waals surface area contributed by atoms with Crippen molar-refractivity contribution in [3.8, 4) is 11.5 Å². The minimum atomic E-state index is -0.0596. The number of carbonyl (C=O) groups excluding carboxylic acids is 2. The first-order chi connectivity index (χ1) is 13.1. The maximum Gasteiger partial charge on any atom is 0.257 e. The van der Waals surface area contributed by atoms with E-state index in [1.165, 1.54) is 0 Å². The van der Waals surface area contributed by atoms with Gasteiger partial charge in [-0.2, -0.15) is 0 Å². The van der Waals surface area contributed by atoms with Crippen LogP contribution in [0.25, 0.3) is 0 Å². The van der Waals surface area contributed by atoms with Crippen LogP contribution < -0.4 is 9.47 Å². The standard InChI is InChI=1S/C21H24N2O4/c1-3-27-19-7-5-4-6-18(19)21(25)23-14-12-22(13-15-23)20(24)16-8-10-17(26-2)11-9-16/h4-11H,3,12-15H2,1-2H3. The van der Waals surface area contributed by atoms with Crippen molar-refractivity contribution in [1.82, 2.24) is 9.80 Å². The van der Waals surface area contributed by atoms with E-state index in [1.54, 1.807) is 53.3 Å². The molecular formula is C21H24N2O4. The van der Waals surface area contributed by atoms with Crippen molar-refractivity contribution in [2.75, 3.05) is 39.9 Å². The molecule has 0 unspecified atom stereocenters. The molecule has 1 saturated heterocycles. The van der Waals surface area contributed by atoms with Gasteiger partial charge in [0.1, 0.15) is 11.5 Å². The molecule has 2 aromatic carbocycles. The van der Waals surface area contributed by atoms with E-state index in [0.717, 1.165) is 5.75 Å². The first kappa shape index (κ1) is 18.8. The summed E-state index contributed by atoms with van der Waals surface area (Å²) in [5.74, 6) is 1.23. The molecule has 6 heteroatoms. The van der Waals surface area contributed by atoms with Gasteiger partial charge in [-0.15, -0.1) is 0 Å². The third-order valence-electron chi connectivity index (χ3n) is 4.61. The zero-order valence-corrected chi connectivity index (χ0v) is 15.7. The predicted molar refractivity (Wildman–Crippen MR) is 102 cm³/mol. The van der Waals surface area contributed by atoms with Crippen molar-refractivity contribution >= 4 is 11.8 Å². The summed E-state index contributed by atoms with van der Waals surface area (Å²) in [6.45, 7) is 4.42. The van der Waals surface area contributed by atoms with Gasteiger partial charge in [0.25, 0.3) is 11.8 Å². The zero-order valence-electron chi connectivity index (χ0n) is 15.7. The number of methoxy groups -OCH3 is 1. The molecule has 27 heavy (non-hydrogen) atoms. The molecule has 0 saturated carbocycles. The van der Waals surface area contributed by atoms with E-state index in [4.69, 9.17) is 9.47 Å². The highest BCUT2D eigenvalue weighted by Gasteiger charge is 2.26. The summed E-state index contributed by atoms with van der Waals surface area (Å²) in [5.41, 5.74) is 1.19. The lowest BCUT2D eigenvalue weighted by Crippen LogP contribution is -2.50. The summed E-state index contributed by atoms with van der Waals surface area (Å²) < 4.78 is 10.7. The Kier molecular flexibility index (Phi) is 5.96. The fraction of sp³-hybridized carbons (Fsp3) is 0.333. The number of nitrogens with zero attached hydrogens (tertiary/aromatic N) is 2. The molecule has 0 bridgehead atoms. The van der Waals surface area contributed by atoms with E-state index in [9.17, 15) is 9.59 Å². The molecule has 1 aliphatic rings. The number of benzene rings is 2. The fourth-order valence-electron chi connectivity index (χ4n) is 3.12. The van der Waals surface area contributed by atoms with E-state index in [0.29, 0.717) is 49.7 Å². The van der Waals surface area contributed by atoms with Gasteiger partial charge in [-0.3, -0.25) is 9.59 Å². The summed E-state index contributed by atoms with van der Waals surface area (Å²) in [7, 11) is 1.59. The third kappa shape index (κ3) is 4.22. The average Bonchev–Trinajstić information content (AvgIpc) is 2.73. The van der Waals surface area contributed by atoms with Crippen LogP contribution >= 0.6 is 0 Å². The summed E-state index contributed by atoms with van der Waals surface area (Å²) in [6.07, 6.45) is 0. The number of amides is 2. The SMILES string of the molecule is CCOc1ccccc1C(=O)N1CCN(C(=O)c2ccc(OC)cc2)CC1. The first-order valence-electron chi connectivity index (χ1n) is 9.08. The number of hydrogen-bond acceptors (Lipinski definition) is 4. The fourth-order valence-corrected chi connectivity index (χ4v) is 3.12. The first-order valence-corrected chi connectivity index (χ1v) is 9.08. The molecule has 1 heterocycles. The predicted octanol–water partition coefficient (Wildman–Crippen LogP) is 2.69. The summed E-state index contributed by atoms with van der Waals surface area (Å²) >= 11 is 0. The normalized spacial score (nSPS) is 14.0. The van der Waals surface area contributed by atoms with Gasteiger partial charge in [0, 0.05) is 31.7 Å². The van der Waals surface area contributed by atoms with Crippen molar-refractivity contribution in [3.05, 3.63) is 59.7 Å². The minimum Gasteiger partial charge on any atom is -0.497 e. The Morgan fingerprint density at radius 2 is 1.48 bits per heavy atom. The molecule has 0 aliphatic carbocycles. The van der Waals surface area contributed by atoms with Crippen LogP contribution in [0.2, 0.25) is 0 Å². The Morgan fingerprint density at radius 1 is 0.889 bits per heavy atom. The number of carbonyl (C=O) groups is 2. The van der Waals surface area contributed by atoms with Crippen LogP contribution in [0.1, 0.15) is 27.6 Å². The summed E-state index contributed by atoms with van der Waals surface area (Å²) in [5, 5.41) is 0. The topological polar surface area (TPSA) is 59.1 Å². The summed E-state index contributed by atoms with van der Waals surface area (Å²) in [4.78, 5) is 29.0. The van der Waals surface area contributed by atoms with Crippen LogP contribution in [0.4, 0.5) is 0 Å². The van der Waals surface area contributed by atoms with Gasteiger partial charge in [-0.25, -0.2) is 0 Å². The van der Waals surface area contributed by atoms with Crippen LogP contribution in [-0.2, 0) is 0 Å². The second-order valence-electron chi connectivity index (χ2n) is 6.24. The Bertz CT molecular complexity index is 796. The quantitative estimate of drug-likeness (QED) is 0.814. The molecular weight excluding hydrogens is 344 g/mol. The van der Waals surface area contributed by atoms with E-state index >= 15 is 0 Å². The van der Waals surface area contributed by atoms with Crippen molar-refractivity contribution < 1.29 is 19.1 Å². The molecule has 2 aromatic rings. The van der Waals surface area contributed by atoms with Gasteiger partial charge in [0.05, 0.1) is 19.3 Å². The molecule has 142 valence electrons. The Labute approximate surface area is 159 Å². The van der Waals surface area contributed by atoms with Gasteiger partial charge in [0.2, 0.25) is 0 Å². The van der Waals surface area contributed by atoms with Crippen LogP contribution in [0.3, 0.4) is 0 Å². The minimum absolute atomic E-state index is 0.0283. The smallest absolute Gasteiger partial charge is 0.257 e. The third-order valence-corrected chi connectivity index (χ3v) is 4.61. The second kappa shape index (κ2) is 8.58. The van der Waals surface area contributed by atoms with Crippen molar-refractivity contribution in [2.24, 2.45) is 0 Å². The molecule has 0 aromatic heterocycles. The largest absolute Gasteiger partial charge is 0.497 e. The molecule has 0 spiro atoms. The molecule has 1 aliphatic heterocycles. The molecule has 0 N–H and O–H groups in total. The van der Waals surface area contributed by atoms with Gasteiger partial charge >= 0.3 is 0 Å². The van der Waals surface area contributed by atoms with Crippen LogP contribution in [0.5, 0.6) is 11.5 Å². The Hall–Kier alpha value is -3.02. The molecule has 2 amide bonds. The van der Waals surface area contributed by atoms with Gasteiger partial charge in [-0.05, 0) is 43.3 Å². The highest BCUT2D eigenvalue weighted by atomic mass is 16.5. The van der Waals surface area contributed by atoms with Crippen LogP contribution in [0.15, 0.2) is 48.5 Å². The zero-order chi connectivity index (χ0) is 19.2. The Balaban J connectivity index is 1.63. The van der Waals surface area contributed by atoms with Crippen LogP contribution in [0, 0.1) is 0 Å². The molecule has 6 nitrogen and oxygen atoms in total. The lowest BCUT2D eigenvalue weighted by molar-refractivity contribution is 0.0533. The highest BCUT2D eigenvalue weighted by Crippen LogP contribution is 2.21. The van der Waals surface area contributed by atoms with Gasteiger partial charge < -0.3 is 19.3 Å². The number of piperazine rings is 1. The lowest BCUT2D eigenvalue weighted by Gasteiger charge is -2.35. The monoisotopic (exact) mass is 368 g/mol. The summed E-state index contributed by atoms with van der Waals surface area (Å²) in [6, 6.07) is 14.3. The van der Waals surface area contributed by atoms with Crippen molar-refractivity contribution in [1.29, 1.82) is 0 Å². The highest BCUT2D eigenvalue weighted by molar-refractivity contribution is 5.97. The van der Waals surface area contributed by atoms with E-state index < -0.39 is 0 Å². The van der Waals surface area contributed by atoms with Crippen molar-refractivity contribution in [3.63, 3.8) is 0 Å². The average molecular weight is 368 g/mol. The second-order valence-corrected chi connectivity index (χ2v) is 6.24. The number of hydrogen-bond donors (Lipinski definition) is 0. The van der Waals surface area contributed by atoms with Crippen LogP contribution in [-0.4, -0.2) is 61.5 Å². The maximum absolute atomic E-state index is 12.8. The molecule has 0 radical (unpaired) electrons. The van der Waals surface area contributed by atoms with Crippen molar-refractivity contribution in [2.45, 2.75) is 6.92 Å². The van der Waals surface area contributed by atoms with Gasteiger partial charge in [-0.1, -0.05) is 12.1 Å². The number of rotatable bonds is 5. The van der Waals surface area contributed by atoms with Gasteiger partial charge in [0.15, 0.2) is 0 Å². The Morgan fingerprint density at radius 3 is 2.07 bits per heavy atom. The van der Waals surface area contributed by atoms with E-state index in [2.05, 4.69) is 0 Å². The maximum atomic E-state index is 12.8. The lowest BCUT2D eigenvalue weighted by atomic mass is 10.1. The molecule has 0 atom stereocenters. The van der Waals surface area contributed by atoms with E-state index in [-0.39, 0.29) is 11.8 Å². The van der Waals surface area contributed by atoms with E-state index in [1.807, 2.05) is 19.1 Å². The number of ether oxygens (including phenoxy) is 2. The molecule has 3 rings (SSSR count). The molecule has 1 fully saturated rings.